The van der Waals surface area contributed by atoms with Gasteiger partial charge in [-0.25, -0.2) is 0 Å². The van der Waals surface area contributed by atoms with Crippen LogP contribution in [0, 0.1) is 11.3 Å². The van der Waals surface area contributed by atoms with Crippen LogP contribution in [0.2, 0.25) is 5.02 Å². The Balaban J connectivity index is 2.76. The Morgan fingerprint density at radius 2 is 2.40 bits per heavy atom. The Morgan fingerprint density at radius 3 is 3.00 bits per heavy atom. The van der Waals surface area contributed by atoms with Gasteiger partial charge in [-0.05, 0) is 18.2 Å². The molecule has 0 saturated heterocycles. The standard InChI is InChI=1S/C10H9ClN2O2/c1-15-10(14)6-13-9-4-7(5-12)2-3-8(9)11/h2-4,13H,6H2,1H3. The minimum atomic E-state index is -0.395. The molecule has 0 aromatic heterocycles. The van der Waals surface area contributed by atoms with E-state index in [1.807, 2.05) is 6.07 Å². The Bertz CT molecular complexity index is 412. The van der Waals surface area contributed by atoms with E-state index in [1.54, 1.807) is 18.2 Å². The van der Waals surface area contributed by atoms with Crippen LogP contribution in [0.1, 0.15) is 5.56 Å². The van der Waals surface area contributed by atoms with Gasteiger partial charge >= 0.3 is 5.97 Å². The number of hydrogen-bond donors (Lipinski definition) is 1. The first-order chi connectivity index (χ1) is 7.17. The van der Waals surface area contributed by atoms with Crippen molar-refractivity contribution in [2.75, 3.05) is 19.0 Å². The van der Waals surface area contributed by atoms with Crippen LogP contribution in [-0.2, 0) is 9.53 Å². The zero-order chi connectivity index (χ0) is 11.3. The number of carbonyl (C=O) groups is 1. The molecule has 0 aliphatic heterocycles. The number of methoxy groups -OCH3 is 1. The highest BCUT2D eigenvalue weighted by atomic mass is 35.5. The van der Waals surface area contributed by atoms with Crippen molar-refractivity contribution in [2.24, 2.45) is 0 Å². The summed E-state index contributed by atoms with van der Waals surface area (Å²) < 4.78 is 4.46. The molecule has 0 spiro atoms. The van der Waals surface area contributed by atoms with Gasteiger partial charge in [0.05, 0.1) is 29.5 Å². The summed E-state index contributed by atoms with van der Waals surface area (Å²) in [5, 5.41) is 11.9. The molecule has 0 unspecified atom stereocenters. The number of anilines is 1. The summed E-state index contributed by atoms with van der Waals surface area (Å²) >= 11 is 5.86. The van der Waals surface area contributed by atoms with Gasteiger partial charge in [-0.3, -0.25) is 4.79 Å². The van der Waals surface area contributed by atoms with Crippen molar-refractivity contribution in [3.05, 3.63) is 28.8 Å². The summed E-state index contributed by atoms with van der Waals surface area (Å²) in [6.07, 6.45) is 0. The fourth-order valence-corrected chi connectivity index (χ4v) is 1.15. The molecule has 1 aromatic rings. The zero-order valence-corrected chi connectivity index (χ0v) is 8.84. The first kappa shape index (κ1) is 11.3. The molecule has 0 bridgehead atoms. The second-order valence-electron chi connectivity index (χ2n) is 2.74. The number of ether oxygens (including phenoxy) is 1. The number of nitrogens with one attached hydrogen (secondary N) is 1. The second-order valence-corrected chi connectivity index (χ2v) is 3.14. The number of rotatable bonds is 3. The van der Waals surface area contributed by atoms with E-state index in [-0.39, 0.29) is 6.54 Å². The lowest BCUT2D eigenvalue weighted by molar-refractivity contribution is -0.138. The highest BCUT2D eigenvalue weighted by Crippen LogP contribution is 2.22. The van der Waals surface area contributed by atoms with Crippen molar-refractivity contribution in [1.82, 2.24) is 0 Å². The van der Waals surface area contributed by atoms with E-state index in [0.29, 0.717) is 16.3 Å². The van der Waals surface area contributed by atoms with Gasteiger partial charge in [0.1, 0.15) is 6.54 Å². The molecule has 0 radical (unpaired) electrons. The highest BCUT2D eigenvalue weighted by molar-refractivity contribution is 6.33. The molecule has 1 N–H and O–H groups in total. The van der Waals surface area contributed by atoms with Gasteiger partial charge in [0.15, 0.2) is 0 Å². The van der Waals surface area contributed by atoms with E-state index >= 15 is 0 Å². The van der Waals surface area contributed by atoms with Crippen molar-refractivity contribution >= 4 is 23.3 Å². The highest BCUT2D eigenvalue weighted by Gasteiger charge is 2.04. The molecular formula is C10H9ClN2O2. The van der Waals surface area contributed by atoms with Crippen LogP contribution >= 0.6 is 11.6 Å². The van der Waals surface area contributed by atoms with E-state index in [0.717, 1.165) is 0 Å². The number of esters is 1. The maximum Gasteiger partial charge on any atom is 0.325 e. The van der Waals surface area contributed by atoms with Crippen molar-refractivity contribution in [2.45, 2.75) is 0 Å². The third-order valence-electron chi connectivity index (χ3n) is 1.75. The fourth-order valence-electron chi connectivity index (χ4n) is 0.970. The molecule has 4 nitrogen and oxygen atoms in total. The van der Waals surface area contributed by atoms with Crippen LogP contribution in [0.15, 0.2) is 18.2 Å². The molecular weight excluding hydrogens is 216 g/mol. The zero-order valence-electron chi connectivity index (χ0n) is 8.08. The maximum absolute atomic E-state index is 10.9. The maximum atomic E-state index is 10.9. The number of nitriles is 1. The first-order valence-electron chi connectivity index (χ1n) is 4.17. The van der Waals surface area contributed by atoms with E-state index in [2.05, 4.69) is 10.1 Å². The predicted molar refractivity (Wildman–Crippen MR) is 56.7 cm³/mol. The third kappa shape index (κ3) is 3.15. The van der Waals surface area contributed by atoms with Crippen LogP contribution < -0.4 is 5.32 Å². The van der Waals surface area contributed by atoms with Gasteiger partial charge < -0.3 is 10.1 Å². The fraction of sp³-hybridized carbons (Fsp3) is 0.200. The summed E-state index contributed by atoms with van der Waals surface area (Å²) in [5.41, 5.74) is 1.02. The van der Waals surface area contributed by atoms with Crippen LogP contribution in [0.3, 0.4) is 0 Å². The topological polar surface area (TPSA) is 62.1 Å². The second kappa shape index (κ2) is 5.23. The van der Waals surface area contributed by atoms with E-state index in [1.165, 1.54) is 7.11 Å². The van der Waals surface area contributed by atoms with Crippen molar-refractivity contribution in [1.29, 1.82) is 5.26 Å². The lowest BCUT2D eigenvalue weighted by Gasteiger charge is -2.06. The molecule has 0 aliphatic rings. The minimum Gasteiger partial charge on any atom is -0.468 e. The normalized spacial score (nSPS) is 9.13. The molecule has 0 aliphatic carbocycles. The van der Waals surface area contributed by atoms with Gasteiger partial charge in [-0.2, -0.15) is 5.26 Å². The van der Waals surface area contributed by atoms with Gasteiger partial charge in [0.25, 0.3) is 0 Å². The number of nitrogens with zero attached hydrogens (tertiary/aromatic N) is 1. The summed E-state index contributed by atoms with van der Waals surface area (Å²) in [6.45, 7) is 0.0190. The molecule has 78 valence electrons. The quantitative estimate of drug-likeness (QED) is 0.796. The molecule has 1 rings (SSSR count). The molecule has 0 saturated carbocycles. The third-order valence-corrected chi connectivity index (χ3v) is 2.08. The molecule has 0 amide bonds. The van der Waals surface area contributed by atoms with E-state index < -0.39 is 5.97 Å². The minimum absolute atomic E-state index is 0.0190. The van der Waals surface area contributed by atoms with Crippen LogP contribution in [-0.4, -0.2) is 19.6 Å². The van der Waals surface area contributed by atoms with Crippen LogP contribution in [0.4, 0.5) is 5.69 Å². The Kier molecular flexibility index (Phi) is 3.95. The number of carbonyl (C=O) groups excluding carboxylic acids is 1. The van der Waals surface area contributed by atoms with E-state index in [4.69, 9.17) is 16.9 Å². The number of halogens is 1. The summed E-state index contributed by atoms with van der Waals surface area (Å²) in [7, 11) is 1.30. The van der Waals surface area contributed by atoms with Crippen molar-refractivity contribution in [3.63, 3.8) is 0 Å². The Morgan fingerprint density at radius 1 is 1.67 bits per heavy atom. The first-order valence-corrected chi connectivity index (χ1v) is 4.55. The average molecular weight is 225 g/mol. The Hall–Kier alpha value is -1.73. The summed E-state index contributed by atoms with van der Waals surface area (Å²) in [4.78, 5) is 10.9. The number of benzene rings is 1. The summed E-state index contributed by atoms with van der Waals surface area (Å²) in [6, 6.07) is 6.76. The molecule has 0 heterocycles. The van der Waals surface area contributed by atoms with Crippen molar-refractivity contribution in [3.8, 4) is 6.07 Å². The van der Waals surface area contributed by atoms with Gasteiger partial charge in [0, 0.05) is 0 Å². The van der Waals surface area contributed by atoms with E-state index in [9.17, 15) is 4.79 Å². The van der Waals surface area contributed by atoms with Gasteiger partial charge in [-0.1, -0.05) is 11.6 Å². The monoisotopic (exact) mass is 224 g/mol. The summed E-state index contributed by atoms with van der Waals surface area (Å²) in [5.74, 6) is -0.395. The van der Waals surface area contributed by atoms with Gasteiger partial charge in [-0.15, -0.1) is 0 Å². The molecule has 0 fully saturated rings. The SMILES string of the molecule is COC(=O)CNc1cc(C#N)ccc1Cl. The number of hydrogen-bond acceptors (Lipinski definition) is 4. The molecule has 0 atom stereocenters. The lowest BCUT2D eigenvalue weighted by Crippen LogP contribution is -2.15. The molecule has 15 heavy (non-hydrogen) atoms. The van der Waals surface area contributed by atoms with Crippen LogP contribution in [0.25, 0.3) is 0 Å². The van der Waals surface area contributed by atoms with Crippen LogP contribution in [0.5, 0.6) is 0 Å². The van der Waals surface area contributed by atoms with Crippen molar-refractivity contribution < 1.29 is 9.53 Å². The smallest absolute Gasteiger partial charge is 0.325 e. The largest absolute Gasteiger partial charge is 0.468 e. The molecule has 1 aromatic carbocycles. The lowest BCUT2D eigenvalue weighted by atomic mass is 10.2. The Labute approximate surface area is 92.4 Å². The average Bonchev–Trinajstić information content (AvgIpc) is 2.27. The predicted octanol–water partition coefficient (Wildman–Crippen LogP) is 1.80. The van der Waals surface area contributed by atoms with Gasteiger partial charge in [0.2, 0.25) is 0 Å². The molecule has 5 heteroatoms.